The molecule has 2 aliphatic rings. The summed E-state index contributed by atoms with van der Waals surface area (Å²) in [6, 6.07) is 8.25. The topological polar surface area (TPSA) is 90.8 Å². The van der Waals surface area contributed by atoms with Crippen LogP contribution in [0.5, 0.6) is 0 Å². The van der Waals surface area contributed by atoms with Crippen LogP contribution in [0.2, 0.25) is 10.0 Å². The maximum absolute atomic E-state index is 13.7. The van der Waals surface area contributed by atoms with E-state index in [0.717, 1.165) is 0 Å². The number of benzene rings is 1. The Labute approximate surface area is 191 Å². The molecule has 3 atom stereocenters. The van der Waals surface area contributed by atoms with Crippen LogP contribution >= 0.6 is 23.2 Å². The van der Waals surface area contributed by atoms with E-state index in [1.807, 2.05) is 12.1 Å². The third-order valence-corrected chi connectivity index (χ3v) is 8.28. The van der Waals surface area contributed by atoms with Crippen LogP contribution in [0.3, 0.4) is 0 Å². The first kappa shape index (κ1) is 22.5. The number of fused-ring (bicyclic) bond motifs is 2. The predicted octanol–water partition coefficient (Wildman–Crippen LogP) is 2.95. The Morgan fingerprint density at radius 3 is 2.52 bits per heavy atom. The van der Waals surface area contributed by atoms with Gasteiger partial charge in [-0.05, 0) is 49.6 Å². The SMILES string of the molecule is O=C1C2CCCC(C(CO)CN1Cc1ccccn1)N2S(=O)(=O)c1cc(Cl)cc(Cl)c1. The zero-order chi connectivity index (χ0) is 22.2. The molecular weight excluding hydrogens is 461 g/mol. The number of carbonyl (C=O) groups excluding carboxylic acids is 1. The van der Waals surface area contributed by atoms with Crippen molar-refractivity contribution in [1.82, 2.24) is 14.2 Å². The van der Waals surface area contributed by atoms with Gasteiger partial charge in [-0.25, -0.2) is 8.42 Å². The molecule has 166 valence electrons. The molecule has 0 radical (unpaired) electrons. The van der Waals surface area contributed by atoms with E-state index in [1.165, 1.54) is 22.5 Å². The van der Waals surface area contributed by atoms with Crippen LogP contribution in [-0.4, -0.2) is 58.9 Å². The number of rotatable bonds is 5. The van der Waals surface area contributed by atoms with E-state index in [9.17, 15) is 18.3 Å². The summed E-state index contributed by atoms with van der Waals surface area (Å²) in [5, 5.41) is 10.5. The van der Waals surface area contributed by atoms with Crippen LogP contribution in [0.15, 0.2) is 47.5 Å². The van der Waals surface area contributed by atoms with Crippen molar-refractivity contribution < 1.29 is 18.3 Å². The first-order chi connectivity index (χ1) is 14.8. The number of amides is 1. The molecule has 4 rings (SSSR count). The Hall–Kier alpha value is -1.71. The molecule has 2 aromatic rings. The van der Waals surface area contributed by atoms with Gasteiger partial charge >= 0.3 is 0 Å². The highest BCUT2D eigenvalue weighted by atomic mass is 35.5. The molecule has 2 fully saturated rings. The third kappa shape index (κ3) is 4.45. The van der Waals surface area contributed by atoms with Crippen molar-refractivity contribution in [2.75, 3.05) is 13.2 Å². The molecule has 31 heavy (non-hydrogen) atoms. The van der Waals surface area contributed by atoms with Gasteiger partial charge in [0.2, 0.25) is 15.9 Å². The van der Waals surface area contributed by atoms with Crippen molar-refractivity contribution in [3.8, 4) is 0 Å². The number of hydrogen-bond acceptors (Lipinski definition) is 5. The van der Waals surface area contributed by atoms with E-state index in [-0.39, 0.29) is 40.5 Å². The lowest BCUT2D eigenvalue weighted by Crippen LogP contribution is -2.55. The summed E-state index contributed by atoms with van der Waals surface area (Å²) in [4.78, 5) is 19.4. The number of halogens is 2. The maximum Gasteiger partial charge on any atom is 0.244 e. The number of aliphatic hydroxyl groups is 1. The average Bonchev–Trinajstić information content (AvgIpc) is 2.81. The molecule has 2 aliphatic heterocycles. The van der Waals surface area contributed by atoms with E-state index >= 15 is 0 Å². The summed E-state index contributed by atoms with van der Waals surface area (Å²) in [5.74, 6) is -0.689. The second-order valence-corrected chi connectivity index (χ2v) is 10.7. The molecule has 10 heteroatoms. The van der Waals surface area contributed by atoms with Crippen molar-refractivity contribution in [1.29, 1.82) is 0 Å². The predicted molar refractivity (Wildman–Crippen MR) is 117 cm³/mol. The summed E-state index contributed by atoms with van der Waals surface area (Å²) in [5.41, 5.74) is 0.708. The molecule has 2 bridgehead atoms. The quantitative estimate of drug-likeness (QED) is 0.705. The molecule has 0 aliphatic carbocycles. The lowest BCUT2D eigenvalue weighted by atomic mass is 9.91. The molecule has 3 unspecified atom stereocenters. The number of hydrogen-bond donors (Lipinski definition) is 1. The third-order valence-electron chi connectivity index (χ3n) is 5.93. The lowest BCUT2D eigenvalue weighted by molar-refractivity contribution is -0.135. The van der Waals surface area contributed by atoms with Gasteiger partial charge in [-0.1, -0.05) is 29.3 Å². The summed E-state index contributed by atoms with van der Waals surface area (Å²) in [7, 11) is -4.07. The fourth-order valence-corrected chi connectivity index (χ4v) is 7.16. The fourth-order valence-electron chi connectivity index (χ4n) is 4.54. The Bertz CT molecular complexity index is 1050. The van der Waals surface area contributed by atoms with E-state index in [0.29, 0.717) is 25.0 Å². The largest absolute Gasteiger partial charge is 0.396 e. The number of sulfonamides is 1. The zero-order valence-electron chi connectivity index (χ0n) is 16.7. The fraction of sp³-hybridized carbons (Fsp3) is 0.429. The van der Waals surface area contributed by atoms with E-state index in [4.69, 9.17) is 23.2 Å². The van der Waals surface area contributed by atoms with Gasteiger partial charge in [0, 0.05) is 41.4 Å². The first-order valence-electron chi connectivity index (χ1n) is 10.1. The number of pyridine rings is 1. The van der Waals surface area contributed by atoms with Crippen molar-refractivity contribution in [2.24, 2.45) is 5.92 Å². The summed E-state index contributed by atoms with van der Waals surface area (Å²) >= 11 is 12.1. The summed E-state index contributed by atoms with van der Waals surface area (Å²) < 4.78 is 28.6. The summed E-state index contributed by atoms with van der Waals surface area (Å²) in [6.45, 7) is 0.289. The van der Waals surface area contributed by atoms with Crippen LogP contribution in [0.4, 0.5) is 0 Å². The van der Waals surface area contributed by atoms with Crippen LogP contribution in [-0.2, 0) is 21.4 Å². The maximum atomic E-state index is 13.7. The minimum absolute atomic E-state index is 0.0513. The molecule has 1 aromatic heterocycles. The van der Waals surface area contributed by atoms with Gasteiger partial charge in [0.1, 0.15) is 6.04 Å². The normalized spacial score (nSPS) is 24.8. The number of aromatic nitrogens is 1. The van der Waals surface area contributed by atoms with Crippen molar-refractivity contribution >= 4 is 39.1 Å². The smallest absolute Gasteiger partial charge is 0.244 e. The molecule has 2 saturated heterocycles. The van der Waals surface area contributed by atoms with Gasteiger partial charge in [-0.3, -0.25) is 9.78 Å². The molecule has 3 heterocycles. The van der Waals surface area contributed by atoms with Crippen LogP contribution in [0.25, 0.3) is 0 Å². The van der Waals surface area contributed by atoms with E-state index in [1.54, 1.807) is 17.2 Å². The van der Waals surface area contributed by atoms with Gasteiger partial charge in [0.05, 0.1) is 17.1 Å². The van der Waals surface area contributed by atoms with Crippen molar-refractivity contribution in [3.63, 3.8) is 0 Å². The molecular formula is C21H23Cl2N3O4S. The van der Waals surface area contributed by atoms with Crippen molar-refractivity contribution in [3.05, 3.63) is 58.3 Å². The van der Waals surface area contributed by atoms with Gasteiger partial charge in [0.25, 0.3) is 0 Å². The zero-order valence-corrected chi connectivity index (χ0v) is 19.0. The van der Waals surface area contributed by atoms with Crippen LogP contribution in [0.1, 0.15) is 25.0 Å². The minimum Gasteiger partial charge on any atom is -0.396 e. The lowest BCUT2D eigenvalue weighted by Gasteiger charge is -2.40. The molecule has 0 saturated carbocycles. The van der Waals surface area contributed by atoms with Crippen LogP contribution < -0.4 is 0 Å². The van der Waals surface area contributed by atoms with E-state index < -0.39 is 28.0 Å². The first-order valence-corrected chi connectivity index (χ1v) is 12.3. The Morgan fingerprint density at radius 2 is 1.87 bits per heavy atom. The number of nitrogens with zero attached hydrogens (tertiary/aromatic N) is 3. The van der Waals surface area contributed by atoms with Gasteiger partial charge in [0.15, 0.2) is 0 Å². The number of piperidine rings is 1. The molecule has 7 nitrogen and oxygen atoms in total. The Balaban J connectivity index is 1.75. The van der Waals surface area contributed by atoms with E-state index in [2.05, 4.69) is 4.98 Å². The number of aliphatic hydroxyl groups excluding tert-OH is 1. The highest BCUT2D eigenvalue weighted by Gasteiger charge is 2.50. The monoisotopic (exact) mass is 483 g/mol. The molecule has 1 aromatic carbocycles. The van der Waals surface area contributed by atoms with Gasteiger partial charge in [-0.2, -0.15) is 4.31 Å². The highest BCUT2D eigenvalue weighted by Crippen LogP contribution is 2.38. The molecule has 1 N–H and O–H groups in total. The average molecular weight is 484 g/mol. The minimum atomic E-state index is -4.07. The number of carbonyl (C=O) groups is 1. The Morgan fingerprint density at radius 1 is 1.13 bits per heavy atom. The van der Waals surface area contributed by atoms with Gasteiger partial charge in [-0.15, -0.1) is 0 Å². The highest BCUT2D eigenvalue weighted by molar-refractivity contribution is 7.89. The molecule has 1 amide bonds. The second-order valence-electron chi connectivity index (χ2n) is 7.94. The second kappa shape index (κ2) is 9.03. The van der Waals surface area contributed by atoms with Crippen molar-refractivity contribution in [2.45, 2.75) is 42.8 Å². The van der Waals surface area contributed by atoms with Crippen LogP contribution in [0, 0.1) is 5.92 Å². The van der Waals surface area contributed by atoms with Gasteiger partial charge < -0.3 is 10.0 Å². The summed E-state index contributed by atoms with van der Waals surface area (Å²) in [6.07, 6.45) is 3.34. The Kier molecular flexibility index (Phi) is 6.55. The molecule has 0 spiro atoms. The standard InChI is InChI=1S/C21H23Cl2N3O4S/c22-15-8-16(23)10-18(9-15)31(29,30)26-19-5-3-6-20(26)21(28)25(11-14(19)13-27)12-17-4-1-2-7-24-17/h1-2,4,7-10,14,19-20,27H,3,5-6,11-13H2.